The quantitative estimate of drug-likeness (QED) is 0.0637. The minimum Gasteiger partial charge on any atom is -0.424 e. The monoisotopic (exact) mass is 1600 g/mol. The lowest BCUT2D eigenvalue weighted by atomic mass is 10.0. The molecule has 119 heavy (non-hydrogen) atoms. The van der Waals surface area contributed by atoms with E-state index in [1.165, 1.54) is 42.2 Å². The number of benzene rings is 7. The van der Waals surface area contributed by atoms with E-state index in [-0.39, 0.29) is 112 Å². The molecule has 12 unspecified atom stereocenters. The number of nitrogens with one attached hydrogen (secondary N) is 5. The van der Waals surface area contributed by atoms with Crippen molar-refractivity contribution in [2.75, 3.05) is 47.4 Å². The lowest BCUT2D eigenvalue weighted by molar-refractivity contribution is 0.0684. The fourth-order valence-electron chi connectivity index (χ4n) is 19.3. The lowest BCUT2D eigenvalue weighted by Gasteiger charge is -2.34. The number of aromatic nitrogens is 11. The van der Waals surface area contributed by atoms with Gasteiger partial charge in [-0.05, 0) is 198 Å². The van der Waals surface area contributed by atoms with Crippen molar-refractivity contribution < 1.29 is 41.2 Å². The van der Waals surface area contributed by atoms with Gasteiger partial charge in [-0.3, -0.25) is 19.2 Å². The average Bonchev–Trinajstić information content (AvgIpc) is 1.57. The van der Waals surface area contributed by atoms with Crippen LogP contribution in [0.3, 0.4) is 0 Å². The van der Waals surface area contributed by atoms with Crippen LogP contribution in [-0.2, 0) is 0 Å². The van der Waals surface area contributed by atoms with Crippen molar-refractivity contribution >= 4 is 80.3 Å². The zero-order chi connectivity index (χ0) is 80.9. The second-order valence-electron chi connectivity index (χ2n) is 32.2. The number of para-hydroxylation sites is 6. The van der Waals surface area contributed by atoms with Crippen LogP contribution in [-0.4, -0.2) is 173 Å². The summed E-state index contributed by atoms with van der Waals surface area (Å²) in [5, 5.41) is 23.0. The molecule has 0 spiro atoms. The zero-order valence-corrected chi connectivity index (χ0v) is 65.1. The van der Waals surface area contributed by atoms with Gasteiger partial charge in [-0.1, -0.05) is 78.4 Å². The first kappa shape index (κ1) is 75.4. The van der Waals surface area contributed by atoms with Gasteiger partial charge in [0.05, 0.1) is 87.5 Å². The van der Waals surface area contributed by atoms with E-state index in [4.69, 9.17) is 8.83 Å². The van der Waals surface area contributed by atoms with Crippen molar-refractivity contribution in [2.45, 2.75) is 114 Å². The van der Waals surface area contributed by atoms with Crippen LogP contribution in [0.15, 0.2) is 234 Å². The number of nitrogens with zero attached hydrogens (tertiary/aromatic N) is 14. The molecule has 8 fully saturated rings. The van der Waals surface area contributed by atoms with Gasteiger partial charge in [-0.25, -0.2) is 38.1 Å². The number of fused-ring (bicyclic) bond motifs is 11. The number of aryl methyl sites for hydroxylation is 2. The predicted octanol–water partition coefficient (Wildman–Crippen LogP) is 15.3. The van der Waals surface area contributed by atoms with E-state index in [9.17, 15) is 32.3 Å². The number of halogens is 3. The first-order chi connectivity index (χ1) is 58.1. The number of piperidine rings is 4. The first-order valence-electron chi connectivity index (χ1n) is 40.5. The number of carbonyl (C=O) groups excluding carboxylic acids is 4. The minimum absolute atomic E-state index is 0.0182. The van der Waals surface area contributed by atoms with Crippen LogP contribution in [0.25, 0.3) is 61.6 Å². The normalized spacial score (nSPS) is 22.7. The average molecular weight is 1600 g/mol. The molecule has 25 nitrogen and oxygen atoms in total. The maximum Gasteiger partial charge on any atom is 0.295 e. The highest BCUT2D eigenvalue weighted by Crippen LogP contribution is 2.46. The molecule has 8 bridgehead atoms. The Labute approximate surface area is 681 Å². The fourth-order valence-corrected chi connectivity index (χ4v) is 19.3. The van der Waals surface area contributed by atoms with Gasteiger partial charge in [0.25, 0.3) is 35.7 Å². The molecule has 4 saturated heterocycles. The van der Waals surface area contributed by atoms with E-state index in [1.807, 2.05) is 113 Å². The van der Waals surface area contributed by atoms with Gasteiger partial charge < -0.3 is 54.7 Å². The van der Waals surface area contributed by atoms with Gasteiger partial charge in [-0.2, -0.15) is 20.2 Å². The van der Waals surface area contributed by atoms with Crippen LogP contribution in [0.1, 0.15) is 104 Å². The van der Waals surface area contributed by atoms with Crippen molar-refractivity contribution in [3.8, 4) is 28.5 Å². The molecular formula is C91H84F3N19O6. The Morgan fingerprint density at radius 2 is 0.832 bits per heavy atom. The van der Waals surface area contributed by atoms with Crippen LogP contribution >= 0.6 is 0 Å². The molecule has 22 rings (SSSR count). The Kier molecular flexibility index (Phi) is 20.3. The van der Waals surface area contributed by atoms with Crippen molar-refractivity contribution in [3.63, 3.8) is 0 Å². The number of hydrogen-bond donors (Lipinski definition) is 5. The highest BCUT2D eigenvalue weighted by molar-refractivity contribution is 6.06. The number of rotatable bonds is 15. The third-order valence-electron chi connectivity index (χ3n) is 24.5. The maximum absolute atomic E-state index is 14.8. The summed E-state index contributed by atoms with van der Waals surface area (Å²) < 4.78 is 55.7. The predicted molar refractivity (Wildman–Crippen MR) is 442 cm³/mol. The van der Waals surface area contributed by atoms with Gasteiger partial charge in [0, 0.05) is 86.5 Å². The first-order valence-corrected chi connectivity index (χ1v) is 40.5. The molecule has 4 amide bonds. The molecule has 7 aromatic heterocycles. The summed E-state index contributed by atoms with van der Waals surface area (Å²) in [7, 11) is 0. The molecule has 0 radical (unpaired) electrons. The van der Waals surface area contributed by atoms with Crippen LogP contribution in [0.4, 0.5) is 36.7 Å². The topological polar surface area (TPSA) is 292 Å². The SMILES string of the molecule is Cc1ccc(NC2CC3CC2N(C(=O)c2cccc(F)c2-c2ncccn2)C3)cc1.Cc1ccc(NC2CC3CC2N(C(=O)c2cccc4cc[nH]c24)C3)nc1.O=C(c1cccc(F)c1-c1ncccn1)N1CC2CC(Nc3nc4ccccc4o3)C1C2.O=C(c1cccc(F)c1-n1nccn1)N1CC2CC(Nc3nc4ccccc4o3)C1C2. The third-order valence-corrected chi connectivity index (χ3v) is 24.5. The Hall–Kier alpha value is -13.7. The van der Waals surface area contributed by atoms with Crippen molar-refractivity contribution in [3.05, 3.63) is 276 Å². The summed E-state index contributed by atoms with van der Waals surface area (Å²) in [4.78, 5) is 95.9. The molecule has 11 heterocycles. The van der Waals surface area contributed by atoms with Gasteiger partial charge in [0.15, 0.2) is 28.6 Å². The van der Waals surface area contributed by atoms with Crippen molar-refractivity contribution in [2.24, 2.45) is 23.7 Å². The molecule has 4 saturated carbocycles. The minimum atomic E-state index is -0.535. The molecule has 8 aliphatic rings. The van der Waals surface area contributed by atoms with E-state index in [2.05, 4.69) is 113 Å². The van der Waals surface area contributed by atoms with Crippen LogP contribution in [0, 0.1) is 55.0 Å². The van der Waals surface area contributed by atoms with E-state index < -0.39 is 17.5 Å². The van der Waals surface area contributed by atoms with Crippen LogP contribution in [0.5, 0.6) is 0 Å². The van der Waals surface area contributed by atoms with Crippen LogP contribution < -0.4 is 21.3 Å². The summed E-state index contributed by atoms with van der Waals surface area (Å²) >= 11 is 0. The van der Waals surface area contributed by atoms with E-state index in [0.29, 0.717) is 60.9 Å². The Bertz CT molecular complexity index is 6010. The summed E-state index contributed by atoms with van der Waals surface area (Å²) in [6, 6.07) is 54.2. The molecule has 4 aliphatic carbocycles. The summed E-state index contributed by atoms with van der Waals surface area (Å²) in [5.41, 5.74) is 9.41. The Balaban J connectivity index is 0.000000105. The summed E-state index contributed by atoms with van der Waals surface area (Å²) in [6.45, 7) is 6.98. The highest BCUT2D eigenvalue weighted by atomic mass is 19.1. The van der Waals surface area contributed by atoms with E-state index >= 15 is 0 Å². The lowest BCUT2D eigenvalue weighted by Crippen LogP contribution is -2.48. The molecule has 7 aromatic carbocycles. The summed E-state index contributed by atoms with van der Waals surface area (Å²) in [5.74, 6) is 1.18. The smallest absolute Gasteiger partial charge is 0.295 e. The van der Waals surface area contributed by atoms with Gasteiger partial charge in [0.2, 0.25) is 0 Å². The van der Waals surface area contributed by atoms with Gasteiger partial charge in [0.1, 0.15) is 34.2 Å². The molecule has 28 heteroatoms. The second-order valence-corrected chi connectivity index (χ2v) is 32.2. The number of oxazole rings is 2. The number of likely N-dealkylation sites (tertiary alicyclic amines) is 4. The van der Waals surface area contributed by atoms with Crippen LogP contribution in [0.2, 0.25) is 0 Å². The molecule has 5 N–H and O–H groups in total. The molecule has 600 valence electrons. The number of aromatic amines is 1. The highest BCUT2D eigenvalue weighted by Gasteiger charge is 2.52. The Morgan fingerprint density at radius 1 is 0.403 bits per heavy atom. The van der Waals surface area contributed by atoms with Crippen molar-refractivity contribution in [1.82, 2.24) is 74.5 Å². The second kappa shape index (κ2) is 32.1. The number of amides is 4. The zero-order valence-electron chi connectivity index (χ0n) is 65.1. The maximum atomic E-state index is 14.8. The number of anilines is 4. The number of H-pyrrole nitrogens is 1. The van der Waals surface area contributed by atoms with Gasteiger partial charge >= 0.3 is 0 Å². The Morgan fingerprint density at radius 3 is 1.31 bits per heavy atom. The van der Waals surface area contributed by atoms with Gasteiger partial charge in [-0.15, -0.1) is 4.80 Å². The standard InChI is InChI=1S/C24H20FN5O2.C24H23FN4O.C22H19FN6O2.C21H22N4O/c25-16-6-3-5-15(21(16)22-26-9-4-10-27-22)23(31)30-13-14-11-18(19(30)12-14)29-24-28-17-7-1-2-8-20(17)32-24;1-15-6-8-17(9-7-15)28-20-12-16-13-21(20)29(14-16)24(30)18-4-2-5-19(25)22(18)23-26-10-3-11-27-23;23-15-5-3-4-14(20(15)29-24-8-9-25-29)21(30)28-12-13-10-17(18(28)11-13)27-22-26-16-6-1-2-7-19(16)31-22;1-13-5-6-19(23-11-13)24-17-9-14-10-18(17)25(12-14)21(26)16-4-2-3-15-7-8-22-20(15)16/h1-10,14,18-19H,11-13H2,(H,28,29);2-11,16,20-21,28H,12-14H2,1H3;1-9,13,17-18H,10-12H2,(H,26,27);2-8,11,14,17-18,22H,9-10,12H2,1H3,(H,23,24). The molecule has 14 aromatic rings. The number of pyridine rings is 1. The number of hydrogen-bond acceptors (Lipinski definition) is 19. The molecule has 12 atom stereocenters. The fraction of sp³-hybridized carbons (Fsp3) is 0.286. The molecular weight excluding hydrogens is 1510 g/mol. The molecule has 4 aliphatic heterocycles. The number of carbonyl (C=O) groups is 4. The summed E-state index contributed by atoms with van der Waals surface area (Å²) in [6.07, 6.45) is 20.8. The van der Waals surface area contributed by atoms with E-state index in [1.54, 1.807) is 67.3 Å². The van der Waals surface area contributed by atoms with Crippen molar-refractivity contribution in [1.29, 1.82) is 0 Å². The third kappa shape index (κ3) is 15.1. The van der Waals surface area contributed by atoms with E-state index in [0.717, 1.165) is 118 Å². The largest absolute Gasteiger partial charge is 0.424 e.